The third-order valence-electron chi connectivity index (χ3n) is 4.02. The van der Waals surface area contributed by atoms with Gasteiger partial charge in [-0.05, 0) is 30.2 Å². The first-order valence-corrected chi connectivity index (χ1v) is 8.33. The molecule has 142 valence electrons. The van der Waals surface area contributed by atoms with Crippen LogP contribution in [-0.4, -0.2) is 42.3 Å². The van der Waals surface area contributed by atoms with Gasteiger partial charge in [0.1, 0.15) is 0 Å². The van der Waals surface area contributed by atoms with Crippen LogP contribution in [0.2, 0.25) is 0 Å². The van der Waals surface area contributed by atoms with Crippen LogP contribution in [0.1, 0.15) is 22.8 Å². The Hall–Kier alpha value is -3.42. The van der Waals surface area contributed by atoms with Crippen molar-refractivity contribution in [2.45, 2.75) is 13.3 Å². The van der Waals surface area contributed by atoms with Crippen molar-refractivity contribution < 1.29 is 19.2 Å². The summed E-state index contributed by atoms with van der Waals surface area (Å²) >= 11 is 0. The highest BCUT2D eigenvalue weighted by Gasteiger charge is 2.21. The van der Waals surface area contributed by atoms with E-state index < -0.39 is 10.8 Å². The number of hydrogen-bond donors (Lipinski definition) is 1. The number of carbonyl (C=O) groups excluding carboxylic acids is 2. The maximum absolute atomic E-state index is 12.5. The molecule has 0 radical (unpaired) electrons. The maximum atomic E-state index is 12.5. The van der Waals surface area contributed by atoms with E-state index in [1.165, 1.54) is 31.2 Å². The summed E-state index contributed by atoms with van der Waals surface area (Å²) in [6.07, 6.45) is 0.765. The molecule has 0 aliphatic heterocycles. The number of nitro groups is 1. The maximum Gasteiger partial charge on any atom is 0.311 e. The smallest absolute Gasteiger partial charge is 0.311 e. The molecule has 2 aromatic carbocycles. The van der Waals surface area contributed by atoms with Gasteiger partial charge in [0.05, 0.1) is 18.6 Å². The van der Waals surface area contributed by atoms with Gasteiger partial charge in [0.15, 0.2) is 5.75 Å². The molecule has 0 aliphatic rings. The van der Waals surface area contributed by atoms with Crippen molar-refractivity contribution in [1.29, 1.82) is 0 Å². The van der Waals surface area contributed by atoms with Crippen molar-refractivity contribution in [3.05, 3.63) is 63.7 Å². The van der Waals surface area contributed by atoms with E-state index in [0.29, 0.717) is 5.69 Å². The highest BCUT2D eigenvalue weighted by atomic mass is 16.6. The van der Waals surface area contributed by atoms with Crippen LogP contribution >= 0.6 is 0 Å². The molecule has 0 heterocycles. The molecular formula is C19H21N3O5. The molecule has 2 rings (SSSR count). The third kappa shape index (κ3) is 4.81. The minimum Gasteiger partial charge on any atom is -0.490 e. The number of benzene rings is 2. The van der Waals surface area contributed by atoms with Crippen LogP contribution in [-0.2, 0) is 11.2 Å². The zero-order valence-electron chi connectivity index (χ0n) is 15.4. The lowest BCUT2D eigenvalue weighted by atomic mass is 10.1. The van der Waals surface area contributed by atoms with Gasteiger partial charge in [-0.3, -0.25) is 19.7 Å². The van der Waals surface area contributed by atoms with Crippen molar-refractivity contribution in [1.82, 2.24) is 4.90 Å². The van der Waals surface area contributed by atoms with Crippen LogP contribution in [0.3, 0.4) is 0 Å². The predicted molar refractivity (Wildman–Crippen MR) is 101 cm³/mol. The molecule has 2 aromatic rings. The first kappa shape index (κ1) is 19.9. The molecule has 0 aromatic heterocycles. The zero-order valence-corrected chi connectivity index (χ0v) is 15.4. The molecule has 1 N–H and O–H groups in total. The van der Waals surface area contributed by atoms with Gasteiger partial charge in [-0.25, -0.2) is 0 Å². The van der Waals surface area contributed by atoms with Crippen LogP contribution in [0, 0.1) is 10.1 Å². The Morgan fingerprint density at radius 1 is 1.22 bits per heavy atom. The Kier molecular flexibility index (Phi) is 6.48. The molecule has 0 spiro atoms. The summed E-state index contributed by atoms with van der Waals surface area (Å²) in [6.45, 7) is 1.80. The van der Waals surface area contributed by atoms with Crippen molar-refractivity contribution in [3.63, 3.8) is 0 Å². The number of hydrogen-bond acceptors (Lipinski definition) is 5. The van der Waals surface area contributed by atoms with E-state index in [-0.39, 0.29) is 29.5 Å². The number of ether oxygens (including phenoxy) is 1. The van der Waals surface area contributed by atoms with Crippen LogP contribution in [0.15, 0.2) is 42.5 Å². The highest BCUT2D eigenvalue weighted by Crippen LogP contribution is 2.27. The number of amides is 2. The lowest BCUT2D eigenvalue weighted by Gasteiger charge is -2.18. The number of para-hydroxylation sites is 1. The van der Waals surface area contributed by atoms with Crippen molar-refractivity contribution in [3.8, 4) is 5.75 Å². The van der Waals surface area contributed by atoms with E-state index in [1.807, 2.05) is 25.1 Å². The fourth-order valence-corrected chi connectivity index (χ4v) is 2.61. The average Bonchev–Trinajstić information content (AvgIpc) is 2.67. The van der Waals surface area contributed by atoms with Gasteiger partial charge in [0.2, 0.25) is 5.91 Å². The second-order valence-electron chi connectivity index (χ2n) is 5.86. The summed E-state index contributed by atoms with van der Waals surface area (Å²) in [5.41, 5.74) is 1.49. The number of carbonyl (C=O) groups is 2. The Morgan fingerprint density at radius 3 is 2.56 bits per heavy atom. The number of methoxy groups -OCH3 is 1. The van der Waals surface area contributed by atoms with Gasteiger partial charge < -0.3 is 15.0 Å². The number of nitrogens with zero attached hydrogens (tertiary/aromatic N) is 2. The summed E-state index contributed by atoms with van der Waals surface area (Å²) in [5, 5.41) is 13.9. The highest BCUT2D eigenvalue weighted by molar-refractivity contribution is 6.00. The topological polar surface area (TPSA) is 102 Å². The van der Waals surface area contributed by atoms with Crippen molar-refractivity contribution in [2.75, 3.05) is 26.0 Å². The minimum absolute atomic E-state index is 0.0631. The predicted octanol–water partition coefficient (Wildman–Crippen LogP) is 2.88. The second-order valence-corrected chi connectivity index (χ2v) is 5.86. The molecule has 0 atom stereocenters. The van der Waals surface area contributed by atoms with Crippen molar-refractivity contribution in [2.24, 2.45) is 0 Å². The van der Waals surface area contributed by atoms with Gasteiger partial charge in [-0.1, -0.05) is 25.1 Å². The van der Waals surface area contributed by atoms with Crippen LogP contribution < -0.4 is 10.1 Å². The summed E-state index contributed by atoms with van der Waals surface area (Å²) in [7, 11) is 2.78. The second kappa shape index (κ2) is 8.79. The Morgan fingerprint density at radius 2 is 1.93 bits per heavy atom. The van der Waals surface area contributed by atoms with Gasteiger partial charge in [-0.2, -0.15) is 0 Å². The molecule has 0 fully saturated rings. The fraction of sp³-hybridized carbons (Fsp3) is 0.263. The van der Waals surface area contributed by atoms with E-state index in [2.05, 4.69) is 5.32 Å². The summed E-state index contributed by atoms with van der Waals surface area (Å²) in [6, 6.07) is 11.3. The SMILES string of the molecule is CCc1ccccc1NC(=O)CN(C)C(=O)c1ccc(OC)c([N+](=O)[O-])c1. The molecule has 2 amide bonds. The van der Waals surface area contributed by atoms with E-state index in [4.69, 9.17) is 4.74 Å². The standard InChI is InChI=1S/C19H21N3O5/c1-4-13-7-5-6-8-15(13)20-18(23)12-21(2)19(24)14-9-10-17(27-3)16(11-14)22(25)26/h5-11H,4,12H2,1-3H3,(H,20,23). The average molecular weight is 371 g/mol. The van der Waals surface area contributed by atoms with Gasteiger partial charge >= 0.3 is 5.69 Å². The fourth-order valence-electron chi connectivity index (χ4n) is 2.61. The number of likely N-dealkylation sites (N-methyl/N-ethyl adjacent to an activating group) is 1. The molecule has 0 unspecified atom stereocenters. The first-order valence-electron chi connectivity index (χ1n) is 8.33. The minimum atomic E-state index is -0.621. The normalized spacial score (nSPS) is 10.2. The molecule has 27 heavy (non-hydrogen) atoms. The van der Waals surface area contributed by atoms with E-state index in [0.717, 1.165) is 18.1 Å². The molecule has 0 saturated heterocycles. The molecule has 0 bridgehead atoms. The monoisotopic (exact) mass is 371 g/mol. The van der Waals surface area contributed by atoms with E-state index in [1.54, 1.807) is 6.07 Å². The molecule has 0 saturated carbocycles. The van der Waals surface area contributed by atoms with Gasteiger partial charge in [-0.15, -0.1) is 0 Å². The summed E-state index contributed by atoms with van der Waals surface area (Å²) in [4.78, 5) is 36.5. The lowest BCUT2D eigenvalue weighted by molar-refractivity contribution is -0.385. The molecule has 8 heteroatoms. The Labute approximate surface area is 156 Å². The summed E-state index contributed by atoms with van der Waals surface area (Å²) in [5.74, 6) is -0.789. The Balaban J connectivity index is 2.10. The van der Waals surface area contributed by atoms with E-state index >= 15 is 0 Å². The Bertz CT molecular complexity index is 866. The van der Waals surface area contributed by atoms with Gasteiger partial charge in [0, 0.05) is 24.4 Å². The largest absolute Gasteiger partial charge is 0.490 e. The zero-order chi connectivity index (χ0) is 20.0. The quantitative estimate of drug-likeness (QED) is 0.596. The van der Waals surface area contributed by atoms with Crippen LogP contribution in [0.5, 0.6) is 5.75 Å². The van der Waals surface area contributed by atoms with E-state index in [9.17, 15) is 19.7 Å². The lowest BCUT2D eigenvalue weighted by Crippen LogP contribution is -2.35. The summed E-state index contributed by atoms with van der Waals surface area (Å²) < 4.78 is 4.92. The number of anilines is 1. The molecule has 0 aliphatic carbocycles. The number of rotatable bonds is 7. The number of nitro benzene ring substituents is 1. The van der Waals surface area contributed by atoms with Crippen molar-refractivity contribution >= 4 is 23.2 Å². The molecule has 8 nitrogen and oxygen atoms in total. The third-order valence-corrected chi connectivity index (χ3v) is 4.02. The molecular weight excluding hydrogens is 350 g/mol. The number of nitrogens with one attached hydrogen (secondary N) is 1. The van der Waals surface area contributed by atoms with Gasteiger partial charge in [0.25, 0.3) is 5.91 Å². The number of aryl methyl sites for hydroxylation is 1. The van der Waals surface area contributed by atoms with Crippen LogP contribution in [0.4, 0.5) is 11.4 Å². The first-order chi connectivity index (χ1) is 12.9. The van der Waals surface area contributed by atoms with Crippen LogP contribution in [0.25, 0.3) is 0 Å².